The van der Waals surface area contributed by atoms with E-state index < -0.39 is 11.9 Å². The van der Waals surface area contributed by atoms with E-state index in [0.717, 1.165) is 30.4 Å². The van der Waals surface area contributed by atoms with Gasteiger partial charge >= 0.3 is 11.9 Å². The van der Waals surface area contributed by atoms with Gasteiger partial charge in [0.15, 0.2) is 0 Å². The second kappa shape index (κ2) is 6.30. The van der Waals surface area contributed by atoms with Crippen LogP contribution in [-0.4, -0.2) is 22.2 Å². The topological polar surface area (TPSA) is 127 Å². The molecule has 2 fully saturated rings. The number of carboxylic acid groups (broad SMARTS) is 2. The van der Waals surface area contributed by atoms with Gasteiger partial charge in [-0.25, -0.2) is 9.59 Å². The highest BCUT2D eigenvalue weighted by Gasteiger charge is 2.48. The van der Waals surface area contributed by atoms with E-state index in [-0.39, 0.29) is 11.8 Å². The normalized spacial score (nSPS) is 26.2. The van der Waals surface area contributed by atoms with Gasteiger partial charge in [-0.2, -0.15) is 0 Å². The minimum Gasteiger partial charge on any atom is -0.478 e. The summed E-state index contributed by atoms with van der Waals surface area (Å²) in [6, 6.07) is 9.97. The maximum absolute atomic E-state index is 11.6. The fourth-order valence-electron chi connectivity index (χ4n) is 5.20. The predicted octanol–water partition coefficient (Wildman–Crippen LogP) is 3.54. The van der Waals surface area contributed by atoms with E-state index in [4.69, 9.17) is 11.5 Å². The Balaban J connectivity index is 1.65. The molecule has 0 aliphatic heterocycles. The molecular formula is C21H22N2O4. The van der Waals surface area contributed by atoms with Gasteiger partial charge in [-0.1, -0.05) is 0 Å². The molecule has 2 aromatic rings. The molecule has 6 N–H and O–H groups in total. The first-order valence-electron chi connectivity index (χ1n) is 9.10. The standard InChI is InChI=1S/C21H22N2O4/c22-12-1-3-14(20(24)25)18(8-12)16-6-11-5-10(16)7-17(11)19-9-13(23)2-4-15(19)21(26)27/h1-4,8-11,16-17H,5-7,22-23H2,(H,24,25)(H,26,27). The largest absolute Gasteiger partial charge is 0.478 e. The van der Waals surface area contributed by atoms with E-state index in [9.17, 15) is 19.8 Å². The van der Waals surface area contributed by atoms with Crippen molar-refractivity contribution >= 4 is 23.3 Å². The van der Waals surface area contributed by atoms with Gasteiger partial charge in [0.05, 0.1) is 11.1 Å². The van der Waals surface area contributed by atoms with E-state index in [1.165, 1.54) is 0 Å². The number of benzene rings is 2. The second-order valence-corrected chi connectivity index (χ2v) is 7.74. The third kappa shape index (κ3) is 2.91. The Bertz CT molecular complexity index is 864. The van der Waals surface area contributed by atoms with Gasteiger partial charge in [0, 0.05) is 11.4 Å². The third-order valence-corrected chi connectivity index (χ3v) is 6.27. The van der Waals surface area contributed by atoms with Crippen molar-refractivity contribution in [2.75, 3.05) is 11.5 Å². The van der Waals surface area contributed by atoms with Gasteiger partial charge in [-0.05, 0) is 90.5 Å². The van der Waals surface area contributed by atoms with Crippen molar-refractivity contribution in [3.05, 3.63) is 58.7 Å². The molecule has 6 heteroatoms. The van der Waals surface area contributed by atoms with Crippen LogP contribution in [0, 0.1) is 11.8 Å². The summed E-state index contributed by atoms with van der Waals surface area (Å²) < 4.78 is 0. The molecule has 0 saturated heterocycles. The summed E-state index contributed by atoms with van der Waals surface area (Å²) in [5.41, 5.74) is 15.2. The number of fused-ring (bicyclic) bond motifs is 2. The summed E-state index contributed by atoms with van der Waals surface area (Å²) in [4.78, 5) is 23.2. The molecule has 0 aromatic heterocycles. The summed E-state index contributed by atoms with van der Waals surface area (Å²) >= 11 is 0. The molecule has 2 aromatic carbocycles. The zero-order valence-electron chi connectivity index (χ0n) is 14.8. The van der Waals surface area contributed by atoms with Crippen molar-refractivity contribution in [1.29, 1.82) is 0 Å². The zero-order valence-corrected chi connectivity index (χ0v) is 14.8. The molecule has 0 heterocycles. The highest BCUT2D eigenvalue weighted by molar-refractivity contribution is 5.91. The molecule has 0 spiro atoms. The van der Waals surface area contributed by atoms with Gasteiger partial charge in [0.1, 0.15) is 0 Å². The summed E-state index contributed by atoms with van der Waals surface area (Å²) in [6.45, 7) is 0. The van der Waals surface area contributed by atoms with Crippen LogP contribution >= 0.6 is 0 Å². The number of anilines is 2. The molecule has 4 rings (SSSR count). The molecule has 2 saturated carbocycles. The van der Waals surface area contributed by atoms with Gasteiger partial charge in [0.25, 0.3) is 0 Å². The monoisotopic (exact) mass is 366 g/mol. The molecule has 4 atom stereocenters. The van der Waals surface area contributed by atoms with E-state index >= 15 is 0 Å². The van der Waals surface area contributed by atoms with Crippen LogP contribution in [0.25, 0.3) is 0 Å². The number of aromatic carboxylic acids is 2. The SMILES string of the molecule is Nc1ccc(C(=O)O)c(C2CC3CC2CC3c2cc(N)ccc2C(=O)O)c1. The van der Waals surface area contributed by atoms with Crippen molar-refractivity contribution in [3.8, 4) is 0 Å². The van der Waals surface area contributed by atoms with E-state index in [2.05, 4.69) is 0 Å². The van der Waals surface area contributed by atoms with Crippen LogP contribution in [0.15, 0.2) is 36.4 Å². The summed E-state index contributed by atoms with van der Waals surface area (Å²) in [7, 11) is 0. The minimum atomic E-state index is -0.937. The Morgan fingerprint density at radius 3 is 1.48 bits per heavy atom. The van der Waals surface area contributed by atoms with Crippen LogP contribution in [0.5, 0.6) is 0 Å². The van der Waals surface area contributed by atoms with Crippen LogP contribution in [0.1, 0.15) is 62.9 Å². The highest BCUT2D eigenvalue weighted by atomic mass is 16.4. The molecule has 2 aliphatic rings. The Morgan fingerprint density at radius 1 is 0.741 bits per heavy atom. The number of carboxylic acids is 2. The van der Waals surface area contributed by atoms with Crippen LogP contribution in [0.4, 0.5) is 11.4 Å². The number of hydrogen-bond acceptors (Lipinski definition) is 4. The van der Waals surface area contributed by atoms with E-state index in [0.29, 0.717) is 34.3 Å². The summed E-state index contributed by atoms with van der Waals surface area (Å²) in [5, 5.41) is 19.1. The fraction of sp³-hybridized carbons (Fsp3) is 0.333. The van der Waals surface area contributed by atoms with Crippen molar-refractivity contribution in [2.45, 2.75) is 31.1 Å². The first-order valence-corrected chi connectivity index (χ1v) is 9.10. The van der Waals surface area contributed by atoms with E-state index in [1.54, 1.807) is 36.4 Å². The second-order valence-electron chi connectivity index (χ2n) is 7.74. The lowest BCUT2D eigenvalue weighted by atomic mass is 9.74. The molecule has 4 unspecified atom stereocenters. The highest BCUT2D eigenvalue weighted by Crippen LogP contribution is 2.59. The number of nitrogen functional groups attached to an aromatic ring is 2. The number of carbonyl (C=O) groups is 2. The maximum Gasteiger partial charge on any atom is 0.335 e. The molecule has 27 heavy (non-hydrogen) atoms. The third-order valence-electron chi connectivity index (χ3n) is 6.27. The number of hydrogen-bond donors (Lipinski definition) is 4. The molecule has 0 amide bonds. The smallest absolute Gasteiger partial charge is 0.335 e. The first kappa shape index (κ1) is 17.4. The van der Waals surface area contributed by atoms with Gasteiger partial charge < -0.3 is 21.7 Å². The van der Waals surface area contributed by atoms with Crippen molar-refractivity contribution in [2.24, 2.45) is 11.8 Å². The van der Waals surface area contributed by atoms with Gasteiger partial charge in [0.2, 0.25) is 0 Å². The Labute approximate surface area is 156 Å². The lowest BCUT2D eigenvalue weighted by molar-refractivity contribution is 0.0682. The van der Waals surface area contributed by atoms with Crippen LogP contribution in [0.3, 0.4) is 0 Å². The quantitative estimate of drug-likeness (QED) is 0.613. The Kier molecular flexibility index (Phi) is 4.06. The molecular weight excluding hydrogens is 344 g/mol. The zero-order chi connectivity index (χ0) is 19.3. The van der Waals surface area contributed by atoms with Gasteiger partial charge in [-0.15, -0.1) is 0 Å². The fourth-order valence-corrected chi connectivity index (χ4v) is 5.20. The number of rotatable bonds is 4. The van der Waals surface area contributed by atoms with Gasteiger partial charge in [-0.3, -0.25) is 0 Å². The first-order chi connectivity index (χ1) is 12.8. The van der Waals surface area contributed by atoms with Crippen molar-refractivity contribution in [1.82, 2.24) is 0 Å². The average molecular weight is 366 g/mol. The minimum absolute atomic E-state index is 0.148. The van der Waals surface area contributed by atoms with Crippen molar-refractivity contribution in [3.63, 3.8) is 0 Å². The average Bonchev–Trinajstić information content (AvgIpc) is 3.21. The lowest BCUT2D eigenvalue weighted by Crippen LogP contribution is -2.19. The van der Waals surface area contributed by atoms with Crippen LogP contribution in [-0.2, 0) is 0 Å². The van der Waals surface area contributed by atoms with Crippen molar-refractivity contribution < 1.29 is 19.8 Å². The summed E-state index contributed by atoms with van der Waals surface area (Å²) in [6.07, 6.45) is 2.65. The number of nitrogens with two attached hydrogens (primary N) is 2. The molecule has 0 radical (unpaired) electrons. The molecule has 6 nitrogen and oxygen atoms in total. The Morgan fingerprint density at radius 2 is 1.15 bits per heavy atom. The Hall–Kier alpha value is -3.02. The molecule has 140 valence electrons. The predicted molar refractivity (Wildman–Crippen MR) is 102 cm³/mol. The van der Waals surface area contributed by atoms with Crippen LogP contribution < -0.4 is 11.5 Å². The van der Waals surface area contributed by atoms with E-state index in [1.807, 2.05) is 0 Å². The molecule has 2 bridgehead atoms. The molecule has 2 aliphatic carbocycles. The maximum atomic E-state index is 11.6. The lowest BCUT2D eigenvalue weighted by Gasteiger charge is -2.30. The summed E-state index contributed by atoms with van der Waals surface area (Å²) in [5.74, 6) is -0.932. The van der Waals surface area contributed by atoms with Crippen LogP contribution in [0.2, 0.25) is 0 Å².